The van der Waals surface area contributed by atoms with E-state index in [0.29, 0.717) is 0 Å². The van der Waals surface area contributed by atoms with Crippen molar-refractivity contribution in [2.45, 2.75) is 0 Å². The molecule has 0 aliphatic carbocycles. The Morgan fingerprint density at radius 1 is 0.316 bits per heavy atom. The second-order valence-corrected chi connectivity index (χ2v) is 4.64. The molecule has 4 aromatic carbocycles. The maximum absolute atomic E-state index is 2.21. The summed E-state index contributed by atoms with van der Waals surface area (Å²) in [6.07, 6.45) is 0. The van der Waals surface area contributed by atoms with Crippen LogP contribution in [-0.4, -0.2) is 18.9 Å². The minimum Gasteiger partial charge on any atom is -0.0616 e. The maximum Gasteiger partial charge on any atom is 0 e. The Labute approximate surface area is 124 Å². The van der Waals surface area contributed by atoms with Crippen LogP contribution in [0, 0.1) is 0 Å². The van der Waals surface area contributed by atoms with Gasteiger partial charge in [0.15, 0.2) is 0 Å². The molecule has 0 saturated heterocycles. The summed E-state index contributed by atoms with van der Waals surface area (Å²) in [7, 11) is 0. The van der Waals surface area contributed by atoms with Crippen LogP contribution in [0.3, 0.4) is 0 Å². The SMILES string of the molecule is [Li].c1ccc2c(c1)c1ccccc1c1ccccc21. The standard InChI is InChI=1S/C18H12.Li/c1-2-8-14-13(7-1)15-9-3-4-11-17(15)18-12-6-5-10-16(14)18;/h1-12H;. The summed E-state index contributed by atoms with van der Waals surface area (Å²) in [6.45, 7) is 0. The molecule has 0 spiro atoms. The van der Waals surface area contributed by atoms with Crippen molar-refractivity contribution < 1.29 is 0 Å². The fourth-order valence-corrected chi connectivity index (χ4v) is 2.86. The molecule has 0 aliphatic rings. The average molecular weight is 235 g/mol. The van der Waals surface area contributed by atoms with Gasteiger partial charge >= 0.3 is 0 Å². The van der Waals surface area contributed by atoms with Crippen LogP contribution in [0.1, 0.15) is 0 Å². The van der Waals surface area contributed by atoms with E-state index in [4.69, 9.17) is 0 Å². The van der Waals surface area contributed by atoms with E-state index in [1.165, 1.54) is 32.3 Å². The zero-order valence-corrected chi connectivity index (χ0v) is 10.9. The second-order valence-electron chi connectivity index (χ2n) is 4.64. The summed E-state index contributed by atoms with van der Waals surface area (Å²) in [5.41, 5.74) is 0. The fourth-order valence-electron chi connectivity index (χ4n) is 2.86. The average Bonchev–Trinajstić information content (AvgIpc) is 2.48. The fraction of sp³-hybridized carbons (Fsp3) is 0. The Balaban J connectivity index is 0.00000110. The first-order chi connectivity index (χ1) is 8.95. The van der Waals surface area contributed by atoms with E-state index < -0.39 is 0 Å². The predicted molar refractivity (Wildman–Crippen MR) is 84.7 cm³/mol. The monoisotopic (exact) mass is 235 g/mol. The van der Waals surface area contributed by atoms with Gasteiger partial charge in [0.25, 0.3) is 0 Å². The first-order valence-corrected chi connectivity index (χ1v) is 6.23. The third kappa shape index (κ3) is 1.77. The summed E-state index contributed by atoms with van der Waals surface area (Å²) in [4.78, 5) is 0. The molecule has 0 fully saturated rings. The zero-order chi connectivity index (χ0) is 11.9. The topological polar surface area (TPSA) is 0 Å². The minimum atomic E-state index is 0. The van der Waals surface area contributed by atoms with Gasteiger partial charge in [-0.2, -0.15) is 0 Å². The van der Waals surface area contributed by atoms with Crippen molar-refractivity contribution in [3.05, 3.63) is 72.8 Å². The molecular formula is C18H12Li. The first kappa shape index (κ1) is 12.3. The van der Waals surface area contributed by atoms with Gasteiger partial charge in [-0.15, -0.1) is 0 Å². The van der Waals surface area contributed by atoms with Crippen LogP contribution in [0.15, 0.2) is 72.8 Å². The number of rotatable bonds is 0. The summed E-state index contributed by atoms with van der Waals surface area (Å²) >= 11 is 0. The van der Waals surface area contributed by atoms with Gasteiger partial charge in [-0.25, -0.2) is 0 Å². The second kappa shape index (κ2) is 4.74. The van der Waals surface area contributed by atoms with Gasteiger partial charge in [-0.05, 0) is 32.3 Å². The number of benzene rings is 4. The molecule has 4 rings (SSSR count). The summed E-state index contributed by atoms with van der Waals surface area (Å²) in [5, 5.41) is 8.04. The molecule has 0 heterocycles. The third-order valence-corrected chi connectivity index (χ3v) is 3.65. The Morgan fingerprint density at radius 2 is 0.474 bits per heavy atom. The van der Waals surface area contributed by atoms with Crippen LogP contribution in [0.4, 0.5) is 0 Å². The van der Waals surface area contributed by atoms with Crippen molar-refractivity contribution in [1.82, 2.24) is 0 Å². The Bertz CT molecular complexity index is 657. The molecule has 19 heavy (non-hydrogen) atoms. The summed E-state index contributed by atoms with van der Waals surface area (Å²) in [6, 6.07) is 26.0. The van der Waals surface area contributed by atoms with Crippen molar-refractivity contribution >= 4 is 51.2 Å². The smallest absolute Gasteiger partial charge is 0 e. The molecule has 4 aromatic rings. The maximum atomic E-state index is 2.21. The van der Waals surface area contributed by atoms with Crippen LogP contribution < -0.4 is 0 Å². The molecule has 0 nitrogen and oxygen atoms in total. The number of hydrogen-bond donors (Lipinski definition) is 0. The van der Waals surface area contributed by atoms with E-state index in [1.807, 2.05) is 0 Å². The quantitative estimate of drug-likeness (QED) is 0.304. The van der Waals surface area contributed by atoms with E-state index in [0.717, 1.165) is 0 Å². The molecule has 0 saturated carbocycles. The Hall–Kier alpha value is -1.74. The van der Waals surface area contributed by atoms with Crippen LogP contribution in [0.25, 0.3) is 32.3 Å². The van der Waals surface area contributed by atoms with E-state index in [1.54, 1.807) is 0 Å². The van der Waals surface area contributed by atoms with Crippen LogP contribution in [0.5, 0.6) is 0 Å². The van der Waals surface area contributed by atoms with Crippen LogP contribution in [-0.2, 0) is 0 Å². The van der Waals surface area contributed by atoms with Crippen molar-refractivity contribution in [3.63, 3.8) is 0 Å². The van der Waals surface area contributed by atoms with Gasteiger partial charge in [0.05, 0.1) is 0 Å². The molecule has 0 N–H and O–H groups in total. The molecular weight excluding hydrogens is 223 g/mol. The molecule has 85 valence electrons. The number of hydrogen-bond acceptors (Lipinski definition) is 0. The predicted octanol–water partition coefficient (Wildman–Crippen LogP) is 4.77. The molecule has 1 radical (unpaired) electrons. The van der Waals surface area contributed by atoms with Crippen LogP contribution in [0.2, 0.25) is 0 Å². The molecule has 0 unspecified atom stereocenters. The van der Waals surface area contributed by atoms with Gasteiger partial charge in [-0.3, -0.25) is 0 Å². The van der Waals surface area contributed by atoms with E-state index in [2.05, 4.69) is 72.8 Å². The van der Waals surface area contributed by atoms with Gasteiger partial charge in [-0.1, -0.05) is 72.8 Å². The van der Waals surface area contributed by atoms with Gasteiger partial charge in [0.2, 0.25) is 0 Å². The molecule has 0 bridgehead atoms. The van der Waals surface area contributed by atoms with Gasteiger partial charge in [0.1, 0.15) is 0 Å². The minimum absolute atomic E-state index is 0. The van der Waals surface area contributed by atoms with E-state index in [-0.39, 0.29) is 18.9 Å². The van der Waals surface area contributed by atoms with Crippen molar-refractivity contribution in [3.8, 4) is 0 Å². The van der Waals surface area contributed by atoms with Crippen molar-refractivity contribution in [2.75, 3.05) is 0 Å². The van der Waals surface area contributed by atoms with Gasteiger partial charge in [0, 0.05) is 18.9 Å². The zero-order valence-electron chi connectivity index (χ0n) is 10.9. The largest absolute Gasteiger partial charge is 0.0616 e. The molecule has 0 atom stereocenters. The molecule has 0 aromatic heterocycles. The normalized spacial score (nSPS) is 10.7. The Morgan fingerprint density at radius 3 is 0.632 bits per heavy atom. The number of fused-ring (bicyclic) bond motifs is 6. The molecule has 0 aliphatic heterocycles. The van der Waals surface area contributed by atoms with Crippen molar-refractivity contribution in [1.29, 1.82) is 0 Å². The Kier molecular flexibility index (Phi) is 3.07. The summed E-state index contributed by atoms with van der Waals surface area (Å²) < 4.78 is 0. The summed E-state index contributed by atoms with van der Waals surface area (Å²) in [5.74, 6) is 0. The third-order valence-electron chi connectivity index (χ3n) is 3.65. The van der Waals surface area contributed by atoms with Crippen molar-refractivity contribution in [2.24, 2.45) is 0 Å². The van der Waals surface area contributed by atoms with Gasteiger partial charge < -0.3 is 0 Å². The van der Waals surface area contributed by atoms with E-state index in [9.17, 15) is 0 Å². The van der Waals surface area contributed by atoms with Crippen LogP contribution >= 0.6 is 0 Å². The molecule has 0 amide bonds. The molecule has 1 heteroatoms. The van der Waals surface area contributed by atoms with E-state index >= 15 is 0 Å². The first-order valence-electron chi connectivity index (χ1n) is 6.23.